The number of carbonyl (C=O) groups is 1. The van der Waals surface area contributed by atoms with Gasteiger partial charge in [0.15, 0.2) is 11.5 Å². The fraction of sp³-hybridized carbons (Fsp3) is 0.0800. The average Bonchev–Trinajstić information content (AvgIpc) is 3.37. The largest absolute Gasteiger partial charge is 0.494 e. The molecule has 0 unspecified atom stereocenters. The Kier molecular flexibility index (Phi) is 5.77. The Hall–Kier alpha value is -4.37. The van der Waals surface area contributed by atoms with Crippen LogP contribution < -0.4 is 4.74 Å². The molecule has 4 rings (SSSR count). The van der Waals surface area contributed by atoms with Crippen molar-refractivity contribution in [3.05, 3.63) is 89.9 Å². The van der Waals surface area contributed by atoms with Crippen molar-refractivity contribution in [3.8, 4) is 40.3 Å². The highest BCUT2D eigenvalue weighted by Gasteiger charge is 2.22. The van der Waals surface area contributed by atoms with Gasteiger partial charge in [0.1, 0.15) is 17.0 Å². The third-order valence-electron chi connectivity index (χ3n) is 4.53. The monoisotopic (exact) mass is 410 g/mol. The van der Waals surface area contributed by atoms with Crippen LogP contribution in [0.3, 0.4) is 0 Å². The lowest BCUT2D eigenvalue weighted by molar-refractivity contribution is 0.0597. The summed E-state index contributed by atoms with van der Waals surface area (Å²) >= 11 is 0. The average molecular weight is 410 g/mol. The Bertz CT molecular complexity index is 1250. The van der Waals surface area contributed by atoms with Crippen LogP contribution in [0, 0.1) is 11.8 Å². The van der Waals surface area contributed by atoms with Crippen LogP contribution in [0.25, 0.3) is 22.7 Å². The first-order valence-electron chi connectivity index (χ1n) is 9.43. The van der Waals surface area contributed by atoms with Gasteiger partial charge in [0.25, 0.3) is 0 Å². The van der Waals surface area contributed by atoms with Crippen LogP contribution in [0.2, 0.25) is 0 Å². The lowest BCUT2D eigenvalue weighted by Crippen LogP contribution is -2.07. The second-order valence-corrected chi connectivity index (χ2v) is 6.47. The smallest absolute Gasteiger partial charge is 0.341 e. The summed E-state index contributed by atoms with van der Waals surface area (Å²) in [6.45, 7) is 0. The Morgan fingerprint density at radius 2 is 1.81 bits per heavy atom. The quantitative estimate of drug-likeness (QED) is 0.362. The molecule has 0 fully saturated rings. The predicted molar refractivity (Wildman–Crippen MR) is 115 cm³/mol. The summed E-state index contributed by atoms with van der Waals surface area (Å²) in [5.74, 6) is 6.53. The van der Waals surface area contributed by atoms with E-state index in [9.17, 15) is 4.79 Å². The molecule has 0 radical (unpaired) electrons. The van der Waals surface area contributed by atoms with Crippen molar-refractivity contribution < 1.29 is 18.7 Å². The molecule has 0 aliphatic heterocycles. The first-order chi connectivity index (χ1) is 15.2. The van der Waals surface area contributed by atoms with Gasteiger partial charge in [-0.3, -0.25) is 4.98 Å². The fourth-order valence-electron chi connectivity index (χ4n) is 3.04. The van der Waals surface area contributed by atoms with Gasteiger partial charge in [0.05, 0.1) is 20.5 Å². The van der Waals surface area contributed by atoms with Gasteiger partial charge in [-0.05, 0) is 42.5 Å². The minimum atomic E-state index is -0.521. The second-order valence-electron chi connectivity index (χ2n) is 6.47. The maximum absolute atomic E-state index is 12.4. The van der Waals surface area contributed by atoms with Crippen LogP contribution in [-0.4, -0.2) is 30.2 Å². The molecule has 1 aromatic carbocycles. The van der Waals surface area contributed by atoms with E-state index in [2.05, 4.69) is 21.8 Å². The number of methoxy groups -OCH3 is 2. The first kappa shape index (κ1) is 19.9. The van der Waals surface area contributed by atoms with Gasteiger partial charge >= 0.3 is 5.97 Å². The van der Waals surface area contributed by atoms with Crippen LogP contribution in [0.5, 0.6) is 5.75 Å². The molecule has 6 nitrogen and oxygen atoms in total. The van der Waals surface area contributed by atoms with E-state index in [1.165, 1.54) is 14.2 Å². The SMILES string of the molecule is COC(=O)c1cc(-c2ccco2)nc(-c2ccc(C#Cc3cccnc3)cc2)c1OC. The molecule has 0 aliphatic rings. The molecular weight excluding hydrogens is 392 g/mol. The molecule has 0 saturated carbocycles. The third kappa shape index (κ3) is 4.31. The minimum absolute atomic E-state index is 0.266. The number of hydrogen-bond donors (Lipinski definition) is 0. The molecule has 4 aromatic rings. The van der Waals surface area contributed by atoms with E-state index in [1.807, 2.05) is 36.4 Å². The summed E-state index contributed by atoms with van der Waals surface area (Å²) in [6.07, 6.45) is 4.97. The number of nitrogens with zero attached hydrogens (tertiary/aromatic N) is 2. The number of aromatic nitrogens is 2. The Morgan fingerprint density at radius 3 is 2.45 bits per heavy atom. The lowest BCUT2D eigenvalue weighted by atomic mass is 10.0. The summed E-state index contributed by atoms with van der Waals surface area (Å²) in [6, 6.07) is 16.4. The molecule has 31 heavy (non-hydrogen) atoms. The van der Waals surface area contributed by atoms with Gasteiger partial charge in [-0.15, -0.1) is 0 Å². The number of furan rings is 1. The van der Waals surface area contributed by atoms with Crippen LogP contribution in [0.15, 0.2) is 77.7 Å². The van der Waals surface area contributed by atoms with E-state index in [4.69, 9.17) is 13.9 Å². The summed E-state index contributed by atoms with van der Waals surface area (Å²) in [7, 11) is 2.82. The van der Waals surface area contributed by atoms with Crippen molar-refractivity contribution in [2.75, 3.05) is 14.2 Å². The third-order valence-corrected chi connectivity index (χ3v) is 4.53. The van der Waals surface area contributed by atoms with Gasteiger partial charge in [-0.1, -0.05) is 24.0 Å². The van der Waals surface area contributed by atoms with Gasteiger partial charge < -0.3 is 13.9 Å². The van der Waals surface area contributed by atoms with Crippen molar-refractivity contribution >= 4 is 5.97 Å². The van der Waals surface area contributed by atoms with Crippen LogP contribution in [0.1, 0.15) is 21.5 Å². The van der Waals surface area contributed by atoms with E-state index in [0.29, 0.717) is 22.9 Å². The lowest BCUT2D eigenvalue weighted by Gasteiger charge is -2.13. The van der Waals surface area contributed by atoms with Crippen molar-refractivity contribution in [1.82, 2.24) is 9.97 Å². The zero-order chi connectivity index (χ0) is 21.6. The molecule has 0 saturated heterocycles. The molecule has 0 N–H and O–H groups in total. The van der Waals surface area contributed by atoms with E-state index in [-0.39, 0.29) is 5.56 Å². The highest BCUT2D eigenvalue weighted by atomic mass is 16.5. The number of ether oxygens (including phenoxy) is 2. The maximum Gasteiger partial charge on any atom is 0.341 e. The minimum Gasteiger partial charge on any atom is -0.494 e. The fourth-order valence-corrected chi connectivity index (χ4v) is 3.04. The Labute approximate surface area is 179 Å². The number of pyridine rings is 2. The molecule has 0 amide bonds. The second kappa shape index (κ2) is 8.97. The van der Waals surface area contributed by atoms with Crippen molar-refractivity contribution in [2.24, 2.45) is 0 Å². The Balaban J connectivity index is 1.77. The van der Waals surface area contributed by atoms with E-state index >= 15 is 0 Å². The highest BCUT2D eigenvalue weighted by molar-refractivity contribution is 5.96. The van der Waals surface area contributed by atoms with Gasteiger partial charge in [0.2, 0.25) is 0 Å². The molecule has 0 atom stereocenters. The van der Waals surface area contributed by atoms with Crippen LogP contribution >= 0.6 is 0 Å². The molecule has 0 bridgehead atoms. The molecule has 3 aromatic heterocycles. The van der Waals surface area contributed by atoms with Gasteiger partial charge in [-0.2, -0.15) is 0 Å². The summed E-state index contributed by atoms with van der Waals surface area (Å²) in [5, 5.41) is 0. The number of benzene rings is 1. The number of rotatable bonds is 4. The van der Waals surface area contributed by atoms with Crippen LogP contribution in [0.4, 0.5) is 0 Å². The number of hydrogen-bond acceptors (Lipinski definition) is 6. The highest BCUT2D eigenvalue weighted by Crippen LogP contribution is 2.35. The standard InChI is InChI=1S/C25H18N2O4/c1-29-24-20(25(28)30-2)15-21(22-6-4-14-31-22)27-23(24)19-11-9-17(10-12-19)7-8-18-5-3-13-26-16-18/h3-6,9-16H,1-2H3. The molecule has 152 valence electrons. The van der Waals surface area contributed by atoms with Crippen molar-refractivity contribution in [3.63, 3.8) is 0 Å². The number of esters is 1. The van der Waals surface area contributed by atoms with E-state index in [0.717, 1.165) is 16.7 Å². The molecule has 0 aliphatic carbocycles. The summed E-state index contributed by atoms with van der Waals surface area (Å²) in [4.78, 5) is 21.1. The zero-order valence-corrected chi connectivity index (χ0v) is 17.0. The molecule has 6 heteroatoms. The molecular formula is C25H18N2O4. The molecule has 3 heterocycles. The Morgan fingerprint density at radius 1 is 1.00 bits per heavy atom. The summed E-state index contributed by atoms with van der Waals surface area (Å²) < 4.78 is 15.9. The first-order valence-corrected chi connectivity index (χ1v) is 9.43. The summed E-state index contributed by atoms with van der Waals surface area (Å²) in [5.41, 5.74) is 3.71. The van der Waals surface area contributed by atoms with E-state index in [1.54, 1.807) is 36.9 Å². The topological polar surface area (TPSA) is 74.5 Å². The van der Waals surface area contributed by atoms with Crippen molar-refractivity contribution in [2.45, 2.75) is 0 Å². The van der Waals surface area contributed by atoms with E-state index < -0.39 is 5.97 Å². The van der Waals surface area contributed by atoms with Gasteiger partial charge in [-0.25, -0.2) is 9.78 Å². The molecule has 0 spiro atoms. The normalized spacial score (nSPS) is 10.1. The maximum atomic E-state index is 12.4. The number of carbonyl (C=O) groups excluding carboxylic acids is 1. The predicted octanol–water partition coefficient (Wildman–Crippen LogP) is 4.60. The zero-order valence-electron chi connectivity index (χ0n) is 17.0. The van der Waals surface area contributed by atoms with Gasteiger partial charge in [0, 0.05) is 29.1 Å². The van der Waals surface area contributed by atoms with Crippen LogP contribution in [-0.2, 0) is 4.74 Å². The van der Waals surface area contributed by atoms with Crippen molar-refractivity contribution in [1.29, 1.82) is 0 Å².